The van der Waals surface area contributed by atoms with E-state index in [0.717, 1.165) is 5.92 Å². The van der Waals surface area contributed by atoms with Gasteiger partial charge in [0.2, 0.25) is 0 Å². The van der Waals surface area contributed by atoms with Gasteiger partial charge in [-0.3, -0.25) is 0 Å². The first-order chi connectivity index (χ1) is 4.70. The summed E-state index contributed by atoms with van der Waals surface area (Å²) in [5.74, 6) is 0.799. The van der Waals surface area contributed by atoms with Gasteiger partial charge in [0.15, 0.2) is 0 Å². The van der Waals surface area contributed by atoms with Gasteiger partial charge in [-0.1, -0.05) is 0 Å². The van der Waals surface area contributed by atoms with E-state index in [1.54, 1.807) is 9.45 Å². The van der Waals surface area contributed by atoms with E-state index in [4.69, 9.17) is 0 Å². The third-order valence-corrected chi connectivity index (χ3v) is 2.48. The summed E-state index contributed by atoms with van der Waals surface area (Å²) in [6.07, 6.45) is 6.97. The van der Waals surface area contributed by atoms with Crippen LogP contribution in [0.4, 0.5) is 0 Å². The van der Waals surface area contributed by atoms with Crippen LogP contribution in [0.5, 0.6) is 0 Å². The molecule has 3 heteroatoms. The summed E-state index contributed by atoms with van der Waals surface area (Å²) in [4.78, 5) is 0. The van der Waals surface area contributed by atoms with E-state index in [0.29, 0.717) is 0 Å². The van der Waals surface area contributed by atoms with Gasteiger partial charge in [-0.25, -0.2) is 0 Å². The van der Waals surface area contributed by atoms with Crippen molar-refractivity contribution < 1.29 is 20.4 Å². The first-order valence-electron chi connectivity index (χ1n) is 3.80. The average Bonchev–Trinajstić information content (AvgIpc) is 2.15. The second-order valence-electron chi connectivity index (χ2n) is 3.21. The molecule has 0 heterocycles. The Hall–Kier alpha value is 1.15. The quantitative estimate of drug-likeness (QED) is 0.673. The maximum absolute atomic E-state index is 2.27. The van der Waals surface area contributed by atoms with Crippen LogP contribution in [0, 0.1) is 5.92 Å². The Balaban J connectivity index is 0. The molecular weight excluding hydrogens is 316 g/mol. The van der Waals surface area contributed by atoms with Crippen LogP contribution in [0.15, 0.2) is 21.6 Å². The molecule has 0 saturated carbocycles. The Labute approximate surface area is 108 Å². The minimum absolute atomic E-state index is 0. The van der Waals surface area contributed by atoms with Gasteiger partial charge in [0.05, 0.1) is 0 Å². The second kappa shape index (κ2) is 7.55. The molecule has 1 aliphatic rings. The maximum atomic E-state index is 2.27. The summed E-state index contributed by atoms with van der Waals surface area (Å²) in [7, 11) is 0. The summed E-state index contributed by atoms with van der Waals surface area (Å²) in [5, 5.41) is 0. The Kier molecular flexibility index (Phi) is 9.82. The molecule has 0 saturated heterocycles. The van der Waals surface area contributed by atoms with Crippen molar-refractivity contribution in [3.8, 4) is 0 Å². The van der Waals surface area contributed by atoms with Gasteiger partial charge in [-0.2, -0.15) is 0 Å². The fourth-order valence-electron chi connectivity index (χ4n) is 1.18. The molecule has 0 bridgehead atoms. The molecule has 0 N–H and O–H groups in total. The summed E-state index contributed by atoms with van der Waals surface area (Å²) < 4.78 is 1.56. The van der Waals surface area contributed by atoms with Crippen LogP contribution in [0.3, 0.4) is 0 Å². The number of hydrogen-bond donors (Lipinski definition) is 0. The Morgan fingerprint density at radius 1 is 1.42 bits per heavy atom. The fourth-order valence-corrected chi connectivity index (χ4v) is 1.66. The zero-order valence-electron chi connectivity index (χ0n) is 7.46. The van der Waals surface area contributed by atoms with Crippen molar-refractivity contribution in [1.82, 2.24) is 0 Å². The molecule has 0 fully saturated rings. The van der Waals surface area contributed by atoms with Crippen LogP contribution in [0.25, 0.3) is 0 Å². The molecule has 1 rings (SSSR count). The van der Waals surface area contributed by atoms with Crippen LogP contribution >= 0.6 is 34.0 Å². The van der Waals surface area contributed by atoms with Crippen molar-refractivity contribution in [2.24, 2.45) is 5.92 Å². The van der Waals surface area contributed by atoms with Crippen molar-refractivity contribution in [2.75, 3.05) is 0 Å². The van der Waals surface area contributed by atoms with E-state index in [-0.39, 0.29) is 34.0 Å². The van der Waals surface area contributed by atoms with Gasteiger partial charge in [0, 0.05) is 0 Å². The van der Waals surface area contributed by atoms with Crippen molar-refractivity contribution in [3.05, 3.63) is 21.6 Å². The molecule has 0 unspecified atom stereocenters. The van der Waals surface area contributed by atoms with Gasteiger partial charge in [0.1, 0.15) is 0 Å². The summed E-state index contributed by atoms with van der Waals surface area (Å²) >= 11 is 2.23. The molecule has 0 aliphatic heterocycles. The topological polar surface area (TPSA) is 0 Å². The van der Waals surface area contributed by atoms with Crippen molar-refractivity contribution in [3.63, 3.8) is 0 Å². The van der Waals surface area contributed by atoms with Gasteiger partial charge >= 0.3 is 74.6 Å². The van der Waals surface area contributed by atoms with Gasteiger partial charge in [-0.05, 0) is 0 Å². The molecule has 0 aromatic carbocycles. The molecule has 69 valence electrons. The zero-order chi connectivity index (χ0) is 7.56. The Morgan fingerprint density at radius 3 is 2.33 bits per heavy atom. The summed E-state index contributed by atoms with van der Waals surface area (Å²) in [5.41, 5.74) is 1.56. The second-order valence-corrected chi connectivity index (χ2v) is 4.15. The molecule has 0 spiro atoms. The zero-order valence-corrected chi connectivity index (χ0v) is 12.5. The average molecular weight is 331 g/mol. The molecule has 12 heavy (non-hydrogen) atoms. The molecule has 0 aromatic heterocycles. The van der Waals surface area contributed by atoms with E-state index in [9.17, 15) is 0 Å². The molecule has 0 nitrogen and oxygen atoms in total. The normalized spacial score (nSPS) is 14.5. The predicted octanol–water partition coefficient (Wildman–Crippen LogP) is 3.95. The number of rotatable bonds is 2. The third kappa shape index (κ3) is 5.01. The number of halogens is 2. The molecule has 0 radical (unpaired) electrons. The van der Waals surface area contributed by atoms with Crippen LogP contribution in [-0.2, 0) is 20.4 Å². The Bertz CT molecular complexity index is 183. The number of allylic oxidation sites excluding steroid dienone is 4. The van der Waals surface area contributed by atoms with E-state index in [2.05, 4.69) is 46.4 Å². The summed E-state index contributed by atoms with van der Waals surface area (Å²) in [6.45, 7) is 4.54. The van der Waals surface area contributed by atoms with Crippen molar-refractivity contribution >= 4 is 34.0 Å². The Morgan fingerprint density at radius 2 is 2.00 bits per heavy atom. The van der Waals surface area contributed by atoms with Crippen LogP contribution in [0.1, 0.15) is 26.7 Å². The van der Waals surface area contributed by atoms with E-state index in [1.807, 2.05) is 0 Å². The predicted molar refractivity (Wildman–Crippen MR) is 60.9 cm³/mol. The van der Waals surface area contributed by atoms with Crippen molar-refractivity contribution in [2.45, 2.75) is 26.7 Å². The molecule has 0 amide bonds. The first-order valence-corrected chi connectivity index (χ1v) is 4.58. The minimum atomic E-state index is 0. The fraction of sp³-hybridized carbons (Fsp3) is 0.556. The summed E-state index contributed by atoms with van der Waals surface area (Å²) in [6, 6.07) is 0. The van der Waals surface area contributed by atoms with Gasteiger partial charge < -0.3 is 0 Å². The van der Waals surface area contributed by atoms with Crippen LogP contribution < -0.4 is 0 Å². The third-order valence-electron chi connectivity index (χ3n) is 1.66. The van der Waals surface area contributed by atoms with Crippen LogP contribution in [-0.4, -0.2) is 0 Å². The number of hydrogen-bond acceptors (Lipinski definition) is 0. The molecule has 1 aliphatic carbocycles. The molecule has 0 atom stereocenters. The van der Waals surface area contributed by atoms with Gasteiger partial charge in [0.25, 0.3) is 0 Å². The van der Waals surface area contributed by atoms with E-state index < -0.39 is 0 Å². The standard InChI is InChI=1S/C9H13.2BrH.Ti/c1-8(2)7-9-5-3-4-6-9;;;/h3,5,8H,4,7H2,1-2H3;2*1H;. The van der Waals surface area contributed by atoms with Gasteiger partial charge in [-0.15, -0.1) is 34.0 Å². The SMILES string of the molecule is Br.Br.CC(C)CC1=[C]([Ti])CC=C1. The molecule has 0 aromatic rings. The van der Waals surface area contributed by atoms with E-state index >= 15 is 0 Å². The molecular formula is C9H15Br2Ti. The van der Waals surface area contributed by atoms with Crippen LogP contribution in [0.2, 0.25) is 0 Å². The van der Waals surface area contributed by atoms with Crippen molar-refractivity contribution in [1.29, 1.82) is 0 Å². The monoisotopic (exact) mass is 329 g/mol. The first kappa shape index (κ1) is 15.6. The van der Waals surface area contributed by atoms with E-state index in [1.165, 1.54) is 12.8 Å².